The number of likely N-dealkylation sites (tertiary alicyclic amines) is 1. The van der Waals surface area contributed by atoms with E-state index in [1.165, 1.54) is 31.6 Å². The van der Waals surface area contributed by atoms with E-state index in [0.29, 0.717) is 6.42 Å². The summed E-state index contributed by atoms with van der Waals surface area (Å²) >= 11 is 0. The number of unbranched alkanes of at least 4 members (excludes halogenated alkanes) is 1. The molecule has 0 aromatic rings. The van der Waals surface area contributed by atoms with Gasteiger partial charge in [-0.2, -0.15) is 5.26 Å². The Morgan fingerprint density at radius 1 is 1.50 bits per heavy atom. The zero-order valence-electron chi connectivity index (χ0n) is 7.71. The highest BCUT2D eigenvalue weighted by Crippen LogP contribution is 2.14. The molecule has 0 amide bonds. The second-order valence-electron chi connectivity index (χ2n) is 3.24. The van der Waals surface area contributed by atoms with Crippen molar-refractivity contribution in [2.75, 3.05) is 13.1 Å². The summed E-state index contributed by atoms with van der Waals surface area (Å²) in [5.41, 5.74) is 1.35. The van der Waals surface area contributed by atoms with Crippen molar-refractivity contribution in [2.24, 2.45) is 0 Å². The SMILES string of the molecule is C/C(=C\CCC#N)N1CCCC1. The highest BCUT2D eigenvalue weighted by Gasteiger charge is 2.10. The third-order valence-electron chi connectivity index (χ3n) is 2.30. The van der Waals surface area contributed by atoms with Gasteiger partial charge in [0.1, 0.15) is 0 Å². The molecule has 1 saturated heterocycles. The minimum atomic E-state index is 0.644. The van der Waals surface area contributed by atoms with Crippen molar-refractivity contribution in [1.82, 2.24) is 4.90 Å². The van der Waals surface area contributed by atoms with Crippen molar-refractivity contribution < 1.29 is 0 Å². The minimum Gasteiger partial charge on any atom is -0.375 e. The summed E-state index contributed by atoms with van der Waals surface area (Å²) < 4.78 is 0. The lowest BCUT2D eigenvalue weighted by atomic mass is 10.3. The molecule has 2 nitrogen and oxygen atoms in total. The normalized spacial score (nSPS) is 18.0. The van der Waals surface area contributed by atoms with Gasteiger partial charge in [-0.05, 0) is 26.2 Å². The molecule has 1 aliphatic heterocycles. The number of nitriles is 1. The molecule has 0 N–H and O–H groups in total. The second kappa shape index (κ2) is 4.82. The topological polar surface area (TPSA) is 27.0 Å². The van der Waals surface area contributed by atoms with Crippen LogP contribution in [0.4, 0.5) is 0 Å². The fourth-order valence-electron chi connectivity index (χ4n) is 1.54. The molecule has 1 heterocycles. The largest absolute Gasteiger partial charge is 0.375 e. The van der Waals surface area contributed by atoms with E-state index in [-0.39, 0.29) is 0 Å². The lowest BCUT2D eigenvalue weighted by molar-refractivity contribution is 0.425. The molecule has 0 unspecified atom stereocenters. The molecule has 0 aliphatic carbocycles. The zero-order valence-corrected chi connectivity index (χ0v) is 7.71. The zero-order chi connectivity index (χ0) is 8.81. The van der Waals surface area contributed by atoms with E-state index in [4.69, 9.17) is 5.26 Å². The summed E-state index contributed by atoms with van der Waals surface area (Å²) in [5, 5.41) is 8.35. The molecule has 0 bridgehead atoms. The van der Waals surface area contributed by atoms with Gasteiger partial charge in [0, 0.05) is 25.2 Å². The van der Waals surface area contributed by atoms with Crippen LogP contribution < -0.4 is 0 Å². The summed E-state index contributed by atoms with van der Waals surface area (Å²) in [7, 11) is 0. The van der Waals surface area contributed by atoms with E-state index in [1.807, 2.05) is 0 Å². The van der Waals surface area contributed by atoms with Gasteiger partial charge in [-0.25, -0.2) is 0 Å². The lowest BCUT2D eigenvalue weighted by Gasteiger charge is -2.17. The molecule has 0 atom stereocenters. The van der Waals surface area contributed by atoms with Crippen LogP contribution in [0.2, 0.25) is 0 Å². The molecule has 2 heteroatoms. The van der Waals surface area contributed by atoms with E-state index in [2.05, 4.69) is 24.0 Å². The Hall–Kier alpha value is -0.970. The Morgan fingerprint density at radius 3 is 2.75 bits per heavy atom. The van der Waals surface area contributed by atoms with Crippen molar-refractivity contribution >= 4 is 0 Å². The number of allylic oxidation sites excluding steroid dienone is 2. The number of hydrogen-bond acceptors (Lipinski definition) is 2. The predicted octanol–water partition coefficient (Wildman–Crippen LogP) is 2.29. The summed E-state index contributed by atoms with van der Waals surface area (Å²) in [5.74, 6) is 0. The Morgan fingerprint density at radius 2 is 2.17 bits per heavy atom. The van der Waals surface area contributed by atoms with E-state index in [9.17, 15) is 0 Å². The molecule has 0 radical (unpaired) electrons. The van der Waals surface area contributed by atoms with Gasteiger partial charge >= 0.3 is 0 Å². The minimum absolute atomic E-state index is 0.644. The molecular formula is C10H16N2. The van der Waals surface area contributed by atoms with Gasteiger partial charge in [0.2, 0.25) is 0 Å². The first kappa shape index (κ1) is 9.12. The highest BCUT2D eigenvalue weighted by molar-refractivity contribution is 5.00. The van der Waals surface area contributed by atoms with E-state index in [1.54, 1.807) is 0 Å². The smallest absolute Gasteiger partial charge is 0.0625 e. The van der Waals surface area contributed by atoms with Gasteiger partial charge in [0.05, 0.1) is 6.07 Å². The molecule has 0 aromatic carbocycles. The Balaban J connectivity index is 2.30. The molecule has 66 valence electrons. The van der Waals surface area contributed by atoms with Gasteiger partial charge in [-0.3, -0.25) is 0 Å². The van der Waals surface area contributed by atoms with Gasteiger partial charge < -0.3 is 4.90 Å². The molecular weight excluding hydrogens is 148 g/mol. The van der Waals surface area contributed by atoms with E-state index >= 15 is 0 Å². The fourth-order valence-corrected chi connectivity index (χ4v) is 1.54. The van der Waals surface area contributed by atoms with Crippen LogP contribution in [0.15, 0.2) is 11.8 Å². The van der Waals surface area contributed by atoms with Crippen molar-refractivity contribution in [2.45, 2.75) is 32.6 Å². The summed E-state index contributed by atoms with van der Waals surface area (Å²) in [6, 6.07) is 2.15. The fraction of sp³-hybridized carbons (Fsp3) is 0.700. The standard InChI is InChI=1S/C10H16N2/c1-10(6-2-3-7-11)12-8-4-5-9-12/h6H,2-5,8-9H2,1H3/b10-6+. The van der Waals surface area contributed by atoms with Crippen LogP contribution in [-0.2, 0) is 0 Å². The van der Waals surface area contributed by atoms with Crippen LogP contribution in [0, 0.1) is 11.3 Å². The first-order chi connectivity index (χ1) is 5.84. The van der Waals surface area contributed by atoms with Crippen LogP contribution >= 0.6 is 0 Å². The maximum absolute atomic E-state index is 8.35. The lowest BCUT2D eigenvalue weighted by Crippen LogP contribution is -2.16. The number of nitrogens with zero attached hydrogens (tertiary/aromatic N) is 2. The third-order valence-corrected chi connectivity index (χ3v) is 2.30. The summed E-state index contributed by atoms with van der Waals surface area (Å²) in [6.07, 6.45) is 6.37. The second-order valence-corrected chi connectivity index (χ2v) is 3.24. The molecule has 0 aromatic heterocycles. The van der Waals surface area contributed by atoms with Crippen molar-refractivity contribution in [3.05, 3.63) is 11.8 Å². The molecule has 1 rings (SSSR count). The van der Waals surface area contributed by atoms with Gasteiger partial charge in [-0.1, -0.05) is 6.08 Å². The third kappa shape index (κ3) is 2.58. The molecule has 1 aliphatic rings. The quantitative estimate of drug-likeness (QED) is 0.598. The first-order valence-corrected chi connectivity index (χ1v) is 4.63. The Bertz CT molecular complexity index is 194. The monoisotopic (exact) mass is 164 g/mol. The average Bonchev–Trinajstić information content (AvgIpc) is 2.56. The van der Waals surface area contributed by atoms with E-state index in [0.717, 1.165) is 6.42 Å². The molecule has 1 fully saturated rings. The van der Waals surface area contributed by atoms with Crippen molar-refractivity contribution in [3.63, 3.8) is 0 Å². The number of rotatable bonds is 3. The molecule has 0 saturated carbocycles. The van der Waals surface area contributed by atoms with Crippen LogP contribution in [-0.4, -0.2) is 18.0 Å². The molecule has 12 heavy (non-hydrogen) atoms. The van der Waals surface area contributed by atoms with Gasteiger partial charge in [-0.15, -0.1) is 0 Å². The van der Waals surface area contributed by atoms with E-state index < -0.39 is 0 Å². The molecule has 0 spiro atoms. The van der Waals surface area contributed by atoms with Crippen molar-refractivity contribution in [3.8, 4) is 6.07 Å². The maximum atomic E-state index is 8.35. The highest BCUT2D eigenvalue weighted by atomic mass is 15.1. The Labute approximate surface area is 74.5 Å². The predicted molar refractivity (Wildman–Crippen MR) is 49.4 cm³/mol. The maximum Gasteiger partial charge on any atom is 0.0625 e. The number of hydrogen-bond donors (Lipinski definition) is 0. The van der Waals surface area contributed by atoms with Crippen LogP contribution in [0.1, 0.15) is 32.6 Å². The van der Waals surface area contributed by atoms with Gasteiger partial charge in [0.25, 0.3) is 0 Å². The van der Waals surface area contributed by atoms with Crippen molar-refractivity contribution in [1.29, 1.82) is 5.26 Å². The summed E-state index contributed by atoms with van der Waals surface area (Å²) in [6.45, 7) is 4.55. The summed E-state index contributed by atoms with van der Waals surface area (Å²) in [4.78, 5) is 2.40. The average molecular weight is 164 g/mol. The van der Waals surface area contributed by atoms with Crippen LogP contribution in [0.5, 0.6) is 0 Å². The first-order valence-electron chi connectivity index (χ1n) is 4.63. The van der Waals surface area contributed by atoms with Crippen LogP contribution in [0.3, 0.4) is 0 Å². The van der Waals surface area contributed by atoms with Gasteiger partial charge in [0.15, 0.2) is 0 Å². The Kier molecular flexibility index (Phi) is 3.66. The van der Waals surface area contributed by atoms with Crippen LogP contribution in [0.25, 0.3) is 0 Å².